The normalized spacial score (nSPS) is 18.3. The van der Waals surface area contributed by atoms with Crippen molar-refractivity contribution in [3.8, 4) is 0 Å². The fraction of sp³-hybridized carbons (Fsp3) is 0.684. The first-order valence-corrected chi connectivity index (χ1v) is 9.87. The highest BCUT2D eigenvalue weighted by Crippen LogP contribution is 2.23. The van der Waals surface area contributed by atoms with E-state index in [1.807, 2.05) is 57.0 Å². The lowest BCUT2D eigenvalue weighted by molar-refractivity contribution is 0.0124. The Kier molecular flexibility index (Phi) is 6.49. The molecular formula is C19H30N2O3S. The van der Waals surface area contributed by atoms with Crippen LogP contribution in [0.2, 0.25) is 0 Å². The number of carbonyl (C=O) groups is 2. The highest BCUT2D eigenvalue weighted by molar-refractivity contribution is 7.12. The van der Waals surface area contributed by atoms with Crippen LogP contribution in [0.25, 0.3) is 0 Å². The van der Waals surface area contributed by atoms with E-state index in [9.17, 15) is 9.59 Å². The number of ether oxygens (including phenoxy) is 1. The van der Waals surface area contributed by atoms with Gasteiger partial charge in [0.05, 0.1) is 4.88 Å². The first-order valence-electron chi connectivity index (χ1n) is 9.00. The van der Waals surface area contributed by atoms with Gasteiger partial charge in [-0.05, 0) is 64.8 Å². The zero-order valence-corrected chi connectivity index (χ0v) is 16.8. The summed E-state index contributed by atoms with van der Waals surface area (Å²) in [5, 5.41) is 1.93. The van der Waals surface area contributed by atoms with Gasteiger partial charge < -0.3 is 14.5 Å². The van der Waals surface area contributed by atoms with Crippen LogP contribution in [0, 0.1) is 5.92 Å². The molecule has 6 heteroatoms. The molecule has 2 heterocycles. The summed E-state index contributed by atoms with van der Waals surface area (Å²) in [6, 6.07) is 3.85. The van der Waals surface area contributed by atoms with Crippen LogP contribution in [0.1, 0.15) is 57.1 Å². The van der Waals surface area contributed by atoms with E-state index < -0.39 is 5.60 Å². The molecule has 2 rings (SSSR count). The van der Waals surface area contributed by atoms with Crippen molar-refractivity contribution in [3.63, 3.8) is 0 Å². The van der Waals surface area contributed by atoms with Crippen molar-refractivity contribution in [3.05, 3.63) is 22.4 Å². The van der Waals surface area contributed by atoms with Gasteiger partial charge in [0.2, 0.25) is 0 Å². The minimum Gasteiger partial charge on any atom is -0.444 e. The summed E-state index contributed by atoms with van der Waals surface area (Å²) in [6.45, 7) is 11.8. The number of hydrogen-bond donors (Lipinski definition) is 0. The Labute approximate surface area is 154 Å². The van der Waals surface area contributed by atoms with Crippen molar-refractivity contribution in [1.29, 1.82) is 0 Å². The first-order chi connectivity index (χ1) is 11.7. The van der Waals surface area contributed by atoms with Gasteiger partial charge >= 0.3 is 6.09 Å². The highest BCUT2D eigenvalue weighted by Gasteiger charge is 2.30. The molecule has 1 aliphatic rings. The van der Waals surface area contributed by atoms with E-state index >= 15 is 0 Å². The Morgan fingerprint density at radius 1 is 1.40 bits per heavy atom. The van der Waals surface area contributed by atoms with Crippen molar-refractivity contribution < 1.29 is 14.3 Å². The van der Waals surface area contributed by atoms with Crippen LogP contribution in [0.4, 0.5) is 4.79 Å². The van der Waals surface area contributed by atoms with Crippen LogP contribution in [0.3, 0.4) is 0 Å². The summed E-state index contributed by atoms with van der Waals surface area (Å²) in [5.74, 6) is 0.389. The van der Waals surface area contributed by atoms with Gasteiger partial charge in [0.15, 0.2) is 0 Å². The number of carbonyl (C=O) groups excluding carboxylic acids is 2. The van der Waals surface area contributed by atoms with Crippen LogP contribution in [-0.4, -0.2) is 53.1 Å². The van der Waals surface area contributed by atoms with E-state index in [0.29, 0.717) is 13.1 Å². The zero-order chi connectivity index (χ0) is 18.6. The van der Waals surface area contributed by atoms with Gasteiger partial charge in [0.1, 0.15) is 5.60 Å². The smallest absolute Gasteiger partial charge is 0.410 e. The molecule has 0 spiro atoms. The zero-order valence-electron chi connectivity index (χ0n) is 15.9. The van der Waals surface area contributed by atoms with E-state index in [-0.39, 0.29) is 24.0 Å². The van der Waals surface area contributed by atoms with Crippen LogP contribution in [0.5, 0.6) is 0 Å². The van der Waals surface area contributed by atoms with Gasteiger partial charge in [0, 0.05) is 25.7 Å². The number of thiophene rings is 1. The molecule has 1 atom stereocenters. The summed E-state index contributed by atoms with van der Waals surface area (Å²) >= 11 is 1.48. The Balaban J connectivity index is 1.99. The van der Waals surface area contributed by atoms with E-state index in [0.717, 1.165) is 24.3 Å². The van der Waals surface area contributed by atoms with Gasteiger partial charge in [-0.15, -0.1) is 11.3 Å². The van der Waals surface area contributed by atoms with E-state index in [4.69, 9.17) is 4.74 Å². The van der Waals surface area contributed by atoms with Crippen molar-refractivity contribution in [2.75, 3.05) is 19.6 Å². The summed E-state index contributed by atoms with van der Waals surface area (Å²) in [4.78, 5) is 29.6. The molecular weight excluding hydrogens is 336 g/mol. The lowest BCUT2D eigenvalue weighted by Gasteiger charge is -2.37. The summed E-state index contributed by atoms with van der Waals surface area (Å²) < 4.78 is 5.54. The molecule has 0 aliphatic carbocycles. The van der Waals surface area contributed by atoms with Crippen molar-refractivity contribution in [2.45, 2.75) is 59.1 Å². The number of piperidine rings is 1. The molecule has 25 heavy (non-hydrogen) atoms. The van der Waals surface area contributed by atoms with E-state index in [1.165, 1.54) is 11.3 Å². The minimum atomic E-state index is -0.502. The van der Waals surface area contributed by atoms with Gasteiger partial charge in [-0.1, -0.05) is 6.07 Å². The van der Waals surface area contributed by atoms with Crippen molar-refractivity contribution >= 4 is 23.3 Å². The van der Waals surface area contributed by atoms with E-state index in [2.05, 4.69) is 0 Å². The molecule has 5 nitrogen and oxygen atoms in total. The maximum atomic E-state index is 12.6. The predicted octanol–water partition coefficient (Wildman–Crippen LogP) is 4.25. The first kappa shape index (κ1) is 19.8. The lowest BCUT2D eigenvalue weighted by Crippen LogP contribution is -2.48. The molecule has 0 aromatic carbocycles. The average molecular weight is 367 g/mol. The third kappa shape index (κ3) is 5.73. The summed E-state index contributed by atoms with van der Waals surface area (Å²) in [6.07, 6.45) is 1.73. The third-order valence-corrected chi connectivity index (χ3v) is 5.10. The monoisotopic (exact) mass is 366 g/mol. The van der Waals surface area contributed by atoms with Gasteiger partial charge in [0.25, 0.3) is 5.91 Å². The lowest BCUT2D eigenvalue weighted by atomic mass is 9.97. The number of nitrogens with zero attached hydrogens (tertiary/aromatic N) is 2. The molecule has 1 unspecified atom stereocenters. The molecule has 1 aromatic rings. The fourth-order valence-electron chi connectivity index (χ4n) is 3.05. The van der Waals surface area contributed by atoms with E-state index in [1.54, 1.807) is 4.90 Å². The summed E-state index contributed by atoms with van der Waals surface area (Å²) in [7, 11) is 0. The summed E-state index contributed by atoms with van der Waals surface area (Å²) in [5.41, 5.74) is -0.502. The SMILES string of the molecule is CC(C)N(CC1CCCN(C(=O)c2cccs2)C1)C(=O)OC(C)(C)C. The minimum absolute atomic E-state index is 0.0678. The maximum absolute atomic E-state index is 12.6. The second-order valence-electron chi connectivity index (χ2n) is 7.96. The van der Waals surface area contributed by atoms with Gasteiger partial charge in [-0.25, -0.2) is 4.79 Å². The van der Waals surface area contributed by atoms with Crippen LogP contribution >= 0.6 is 11.3 Å². The highest BCUT2D eigenvalue weighted by atomic mass is 32.1. The maximum Gasteiger partial charge on any atom is 0.410 e. The topological polar surface area (TPSA) is 49.9 Å². The number of amides is 2. The molecule has 1 fully saturated rings. The predicted molar refractivity (Wildman–Crippen MR) is 101 cm³/mol. The Bertz CT molecular complexity index is 578. The Morgan fingerprint density at radius 2 is 2.12 bits per heavy atom. The molecule has 1 aliphatic heterocycles. The molecule has 0 bridgehead atoms. The van der Waals surface area contributed by atoms with Crippen LogP contribution in [0.15, 0.2) is 17.5 Å². The molecule has 140 valence electrons. The molecule has 0 N–H and O–H groups in total. The van der Waals surface area contributed by atoms with Gasteiger partial charge in [-0.2, -0.15) is 0 Å². The quantitative estimate of drug-likeness (QED) is 0.800. The standard InChI is InChI=1S/C19H30N2O3S/c1-14(2)21(18(23)24-19(3,4)5)13-15-8-6-10-20(12-15)17(22)16-9-7-11-25-16/h7,9,11,14-15H,6,8,10,12-13H2,1-5H3. The van der Waals surface area contributed by atoms with Crippen LogP contribution in [-0.2, 0) is 4.74 Å². The largest absolute Gasteiger partial charge is 0.444 e. The average Bonchev–Trinajstić information content (AvgIpc) is 3.04. The second-order valence-corrected chi connectivity index (χ2v) is 8.91. The van der Waals surface area contributed by atoms with Gasteiger partial charge in [-0.3, -0.25) is 4.79 Å². The molecule has 1 saturated heterocycles. The third-order valence-electron chi connectivity index (χ3n) is 4.24. The molecule has 2 amide bonds. The fourth-order valence-corrected chi connectivity index (χ4v) is 3.74. The molecule has 0 radical (unpaired) electrons. The number of hydrogen-bond acceptors (Lipinski definition) is 4. The Hall–Kier alpha value is -1.56. The number of likely N-dealkylation sites (tertiary alicyclic amines) is 1. The second kappa shape index (κ2) is 8.21. The van der Waals surface area contributed by atoms with Crippen molar-refractivity contribution in [1.82, 2.24) is 9.80 Å². The van der Waals surface area contributed by atoms with Crippen LogP contribution < -0.4 is 0 Å². The van der Waals surface area contributed by atoms with Crippen molar-refractivity contribution in [2.24, 2.45) is 5.92 Å². The number of rotatable bonds is 4. The molecule has 0 saturated carbocycles. The molecule has 1 aromatic heterocycles. The Morgan fingerprint density at radius 3 is 2.68 bits per heavy atom.